The van der Waals surface area contributed by atoms with E-state index in [4.69, 9.17) is 4.74 Å². The van der Waals surface area contributed by atoms with Gasteiger partial charge in [0.2, 0.25) is 0 Å². The van der Waals surface area contributed by atoms with Crippen molar-refractivity contribution in [3.8, 4) is 0 Å². The number of methoxy groups -OCH3 is 1. The average molecular weight is 394 g/mol. The van der Waals surface area contributed by atoms with Crippen LogP contribution in [0.2, 0.25) is 0 Å². The molecule has 152 valence electrons. The van der Waals surface area contributed by atoms with Crippen molar-refractivity contribution in [3.63, 3.8) is 0 Å². The number of benzene rings is 2. The van der Waals surface area contributed by atoms with Crippen LogP contribution in [0.5, 0.6) is 0 Å². The fourth-order valence-electron chi connectivity index (χ4n) is 3.17. The largest absolute Gasteiger partial charge is 0.383 e. The topological polar surface area (TPSA) is 85.3 Å². The van der Waals surface area contributed by atoms with Crippen molar-refractivity contribution in [1.82, 2.24) is 14.9 Å². The second kappa shape index (κ2) is 9.34. The lowest BCUT2D eigenvalue weighted by Crippen LogP contribution is -2.36. The van der Waals surface area contributed by atoms with E-state index in [1.165, 1.54) is 5.56 Å². The molecule has 29 heavy (non-hydrogen) atoms. The fourth-order valence-corrected chi connectivity index (χ4v) is 3.17. The number of amides is 2. The van der Waals surface area contributed by atoms with Gasteiger partial charge in [-0.25, -0.2) is 9.78 Å². The third-order valence-corrected chi connectivity index (χ3v) is 4.77. The number of nitrogens with one attached hydrogen (secondary N) is 2. The first-order chi connectivity index (χ1) is 14.0. The number of aryl methyl sites for hydroxylation is 1. The molecule has 7 nitrogen and oxygen atoms in total. The Bertz CT molecular complexity index is 1040. The molecule has 0 saturated carbocycles. The second-order valence-corrected chi connectivity index (χ2v) is 6.81. The minimum Gasteiger partial charge on any atom is -0.383 e. The molecule has 7 heteroatoms. The zero-order valence-electron chi connectivity index (χ0n) is 16.9. The highest BCUT2D eigenvalue weighted by Gasteiger charge is 2.18. The number of aromatic nitrogens is 2. The average Bonchev–Trinajstić information content (AvgIpc) is 2.73. The molecule has 3 rings (SSSR count). The van der Waals surface area contributed by atoms with Crippen LogP contribution in [0.4, 0.5) is 10.5 Å². The van der Waals surface area contributed by atoms with Crippen LogP contribution < -0.4 is 16.2 Å². The Morgan fingerprint density at radius 1 is 1.17 bits per heavy atom. The first-order valence-corrected chi connectivity index (χ1v) is 9.68. The van der Waals surface area contributed by atoms with E-state index in [0.717, 1.165) is 6.42 Å². The number of carbonyl (C=O) groups excluding carboxylic acids is 1. The number of urea groups is 1. The van der Waals surface area contributed by atoms with Gasteiger partial charge in [-0.1, -0.05) is 31.2 Å². The summed E-state index contributed by atoms with van der Waals surface area (Å²) in [6.45, 7) is 4.61. The SMILES string of the molecule is CCc1ccc(NC(=O)NC(C)c2nc3ccccc3c(=O)n2CCOC)cc1. The van der Waals surface area contributed by atoms with Gasteiger partial charge in [0.25, 0.3) is 5.56 Å². The van der Waals surface area contributed by atoms with Gasteiger partial charge in [0.1, 0.15) is 5.82 Å². The predicted molar refractivity (Wildman–Crippen MR) is 114 cm³/mol. The predicted octanol–water partition coefficient (Wildman–Crippen LogP) is 3.49. The van der Waals surface area contributed by atoms with Crippen molar-refractivity contribution in [1.29, 1.82) is 0 Å². The molecule has 1 atom stereocenters. The molecule has 0 fully saturated rings. The Hall–Kier alpha value is -3.19. The van der Waals surface area contributed by atoms with Gasteiger partial charge in [-0.3, -0.25) is 9.36 Å². The lowest BCUT2D eigenvalue weighted by molar-refractivity contribution is 0.184. The van der Waals surface area contributed by atoms with Crippen molar-refractivity contribution < 1.29 is 9.53 Å². The number of para-hydroxylation sites is 1. The summed E-state index contributed by atoms with van der Waals surface area (Å²) >= 11 is 0. The molecule has 0 bridgehead atoms. The van der Waals surface area contributed by atoms with Gasteiger partial charge in [-0.05, 0) is 43.2 Å². The number of ether oxygens (including phenoxy) is 1. The molecule has 3 aromatic rings. The van der Waals surface area contributed by atoms with Gasteiger partial charge < -0.3 is 15.4 Å². The van der Waals surface area contributed by atoms with E-state index < -0.39 is 6.04 Å². The lowest BCUT2D eigenvalue weighted by Gasteiger charge is -2.19. The molecule has 2 N–H and O–H groups in total. The van der Waals surface area contributed by atoms with Crippen LogP contribution in [0, 0.1) is 0 Å². The minimum absolute atomic E-state index is 0.146. The third-order valence-electron chi connectivity index (χ3n) is 4.77. The molecular formula is C22H26N4O3. The number of nitrogens with zero attached hydrogens (tertiary/aromatic N) is 2. The van der Waals surface area contributed by atoms with E-state index in [0.29, 0.717) is 35.6 Å². The molecule has 0 saturated heterocycles. The van der Waals surface area contributed by atoms with Crippen LogP contribution >= 0.6 is 0 Å². The summed E-state index contributed by atoms with van der Waals surface area (Å²) in [4.78, 5) is 30.0. The number of carbonyl (C=O) groups is 1. The Labute approximate surface area is 169 Å². The van der Waals surface area contributed by atoms with Gasteiger partial charge >= 0.3 is 6.03 Å². The number of fused-ring (bicyclic) bond motifs is 1. The Morgan fingerprint density at radius 2 is 1.90 bits per heavy atom. The molecule has 1 aromatic heterocycles. The first-order valence-electron chi connectivity index (χ1n) is 9.68. The number of hydrogen-bond donors (Lipinski definition) is 2. The fraction of sp³-hybridized carbons (Fsp3) is 0.318. The Kier molecular flexibility index (Phi) is 6.61. The zero-order valence-corrected chi connectivity index (χ0v) is 16.9. The van der Waals surface area contributed by atoms with Crippen LogP contribution in [0.25, 0.3) is 10.9 Å². The Morgan fingerprint density at radius 3 is 2.59 bits per heavy atom. The van der Waals surface area contributed by atoms with E-state index >= 15 is 0 Å². The molecule has 0 spiro atoms. The quantitative estimate of drug-likeness (QED) is 0.642. The summed E-state index contributed by atoms with van der Waals surface area (Å²) in [6, 6.07) is 14.1. The van der Waals surface area contributed by atoms with Gasteiger partial charge in [0.15, 0.2) is 0 Å². The van der Waals surface area contributed by atoms with Crippen molar-refractivity contribution in [2.45, 2.75) is 32.9 Å². The van der Waals surface area contributed by atoms with E-state index in [2.05, 4.69) is 22.5 Å². The van der Waals surface area contributed by atoms with Crippen molar-refractivity contribution in [2.75, 3.05) is 19.0 Å². The second-order valence-electron chi connectivity index (χ2n) is 6.81. The summed E-state index contributed by atoms with van der Waals surface area (Å²) in [7, 11) is 1.58. The van der Waals surface area contributed by atoms with E-state index in [1.54, 1.807) is 30.7 Å². The number of rotatable bonds is 7. The van der Waals surface area contributed by atoms with Crippen LogP contribution in [-0.4, -0.2) is 29.3 Å². The smallest absolute Gasteiger partial charge is 0.319 e. The van der Waals surface area contributed by atoms with E-state index in [9.17, 15) is 9.59 Å². The van der Waals surface area contributed by atoms with E-state index in [1.807, 2.05) is 36.4 Å². The summed E-state index contributed by atoms with van der Waals surface area (Å²) < 4.78 is 6.70. The lowest BCUT2D eigenvalue weighted by atomic mass is 10.1. The summed E-state index contributed by atoms with van der Waals surface area (Å²) in [5.74, 6) is 0.488. The summed E-state index contributed by atoms with van der Waals surface area (Å²) in [5, 5.41) is 6.23. The van der Waals surface area contributed by atoms with Gasteiger partial charge in [-0.15, -0.1) is 0 Å². The van der Waals surface area contributed by atoms with Gasteiger partial charge in [-0.2, -0.15) is 0 Å². The molecule has 0 radical (unpaired) electrons. The number of anilines is 1. The molecule has 2 aromatic carbocycles. The van der Waals surface area contributed by atoms with Crippen LogP contribution in [0.1, 0.15) is 31.3 Å². The van der Waals surface area contributed by atoms with Crippen molar-refractivity contribution >= 4 is 22.6 Å². The maximum atomic E-state index is 12.9. The minimum atomic E-state index is -0.473. The molecule has 0 aliphatic carbocycles. The monoisotopic (exact) mass is 394 g/mol. The highest BCUT2D eigenvalue weighted by molar-refractivity contribution is 5.89. The molecule has 2 amide bonds. The van der Waals surface area contributed by atoms with E-state index in [-0.39, 0.29) is 11.6 Å². The maximum absolute atomic E-state index is 12.9. The summed E-state index contributed by atoms with van der Waals surface area (Å²) in [6.07, 6.45) is 0.941. The zero-order chi connectivity index (χ0) is 20.8. The van der Waals surface area contributed by atoms with Gasteiger partial charge in [0, 0.05) is 12.8 Å². The first kappa shape index (κ1) is 20.5. The van der Waals surface area contributed by atoms with Crippen LogP contribution in [0.15, 0.2) is 53.3 Å². The molecule has 1 heterocycles. The van der Waals surface area contributed by atoms with Crippen LogP contribution in [0.3, 0.4) is 0 Å². The Balaban J connectivity index is 1.83. The van der Waals surface area contributed by atoms with Crippen molar-refractivity contribution in [2.24, 2.45) is 0 Å². The van der Waals surface area contributed by atoms with Crippen LogP contribution in [-0.2, 0) is 17.7 Å². The maximum Gasteiger partial charge on any atom is 0.319 e. The highest BCUT2D eigenvalue weighted by atomic mass is 16.5. The molecule has 0 aliphatic heterocycles. The summed E-state index contributed by atoms with van der Waals surface area (Å²) in [5.41, 5.74) is 2.36. The molecular weight excluding hydrogens is 368 g/mol. The highest BCUT2D eigenvalue weighted by Crippen LogP contribution is 2.15. The molecule has 0 aliphatic rings. The molecule has 1 unspecified atom stereocenters. The normalized spacial score (nSPS) is 12.0. The third kappa shape index (κ3) is 4.81. The number of hydrogen-bond acceptors (Lipinski definition) is 4. The van der Waals surface area contributed by atoms with Crippen molar-refractivity contribution in [3.05, 3.63) is 70.3 Å². The van der Waals surface area contributed by atoms with Gasteiger partial charge in [0.05, 0.1) is 30.1 Å². The standard InChI is InChI=1S/C22H26N4O3/c1-4-16-9-11-17(12-10-16)24-22(28)23-15(2)20-25-19-8-6-5-7-18(19)21(27)26(20)13-14-29-3/h5-12,15H,4,13-14H2,1-3H3,(H2,23,24,28).